The van der Waals surface area contributed by atoms with Crippen LogP contribution in [0.3, 0.4) is 0 Å². The van der Waals surface area contributed by atoms with E-state index in [1.165, 1.54) is 0 Å². The molecule has 1 aromatic heterocycles. The summed E-state index contributed by atoms with van der Waals surface area (Å²) in [7, 11) is 0. The van der Waals surface area contributed by atoms with E-state index in [-0.39, 0.29) is 18.9 Å². The normalized spacial score (nSPS) is 18.9. The number of benzene rings is 1. The number of aryl methyl sites for hydroxylation is 1. The van der Waals surface area contributed by atoms with Crippen molar-refractivity contribution in [1.29, 1.82) is 0 Å². The van der Waals surface area contributed by atoms with E-state index < -0.39 is 11.9 Å². The summed E-state index contributed by atoms with van der Waals surface area (Å²) in [5.41, 5.74) is 2.37. The number of likely N-dealkylation sites (tertiary alicyclic amines) is 1. The van der Waals surface area contributed by atoms with Crippen LogP contribution in [0.4, 0.5) is 0 Å². The second-order valence-electron chi connectivity index (χ2n) is 5.05. The first-order valence-electron chi connectivity index (χ1n) is 6.39. The molecular weight excluding hydrogens is 260 g/mol. The fraction of sp³-hybridized carbons (Fsp3) is 0.357. The maximum absolute atomic E-state index is 11.8. The number of nitrogens with zero attached hydrogens (tertiary/aromatic N) is 2. The van der Waals surface area contributed by atoms with Gasteiger partial charge >= 0.3 is 5.97 Å². The van der Waals surface area contributed by atoms with Gasteiger partial charge in [-0.2, -0.15) is 0 Å². The zero-order chi connectivity index (χ0) is 14.3. The van der Waals surface area contributed by atoms with Crippen molar-refractivity contribution in [2.24, 2.45) is 5.92 Å². The number of oxazole rings is 1. The number of hydrogen-bond donors (Lipinski definition) is 1. The fourth-order valence-corrected chi connectivity index (χ4v) is 2.49. The Labute approximate surface area is 115 Å². The van der Waals surface area contributed by atoms with Crippen LogP contribution in [0, 0.1) is 12.8 Å². The Kier molecular flexibility index (Phi) is 2.93. The molecule has 0 radical (unpaired) electrons. The van der Waals surface area contributed by atoms with Crippen LogP contribution >= 0.6 is 0 Å². The van der Waals surface area contributed by atoms with E-state index in [1.807, 2.05) is 18.2 Å². The number of carboxylic acid groups (broad SMARTS) is 1. The fourth-order valence-electron chi connectivity index (χ4n) is 2.49. The summed E-state index contributed by atoms with van der Waals surface area (Å²) in [5, 5.41) is 8.96. The number of carbonyl (C=O) groups excluding carboxylic acids is 1. The molecule has 2 aromatic rings. The van der Waals surface area contributed by atoms with Gasteiger partial charge in [0.15, 0.2) is 11.5 Å². The third kappa shape index (κ3) is 2.24. The highest BCUT2D eigenvalue weighted by atomic mass is 16.4. The zero-order valence-electron chi connectivity index (χ0n) is 11.0. The van der Waals surface area contributed by atoms with Crippen molar-refractivity contribution in [3.63, 3.8) is 0 Å². The number of carboxylic acids is 1. The Morgan fingerprint density at radius 3 is 3.05 bits per heavy atom. The van der Waals surface area contributed by atoms with Gasteiger partial charge in [-0.15, -0.1) is 0 Å². The molecule has 6 heteroatoms. The van der Waals surface area contributed by atoms with E-state index >= 15 is 0 Å². The number of rotatable bonds is 3. The van der Waals surface area contributed by atoms with Gasteiger partial charge in [-0.3, -0.25) is 9.59 Å². The largest absolute Gasteiger partial charge is 0.481 e. The summed E-state index contributed by atoms with van der Waals surface area (Å²) in [6.07, 6.45) is 0.0823. The number of aliphatic carboxylic acids is 1. The van der Waals surface area contributed by atoms with E-state index in [0.29, 0.717) is 18.0 Å². The van der Waals surface area contributed by atoms with Gasteiger partial charge in [0, 0.05) is 26.4 Å². The molecule has 1 aliphatic heterocycles. The van der Waals surface area contributed by atoms with Crippen LogP contribution < -0.4 is 0 Å². The van der Waals surface area contributed by atoms with Crippen molar-refractivity contribution in [1.82, 2.24) is 9.88 Å². The predicted molar refractivity (Wildman–Crippen MR) is 69.9 cm³/mol. The van der Waals surface area contributed by atoms with Crippen molar-refractivity contribution in [2.75, 3.05) is 6.54 Å². The van der Waals surface area contributed by atoms with E-state index in [4.69, 9.17) is 9.52 Å². The zero-order valence-corrected chi connectivity index (χ0v) is 11.0. The molecule has 1 amide bonds. The molecule has 6 nitrogen and oxygen atoms in total. The van der Waals surface area contributed by atoms with Gasteiger partial charge in [0.05, 0.1) is 5.92 Å². The van der Waals surface area contributed by atoms with Gasteiger partial charge in [-0.1, -0.05) is 6.07 Å². The summed E-state index contributed by atoms with van der Waals surface area (Å²) in [4.78, 5) is 28.5. The van der Waals surface area contributed by atoms with Crippen LogP contribution in [-0.4, -0.2) is 33.4 Å². The Morgan fingerprint density at radius 2 is 2.35 bits per heavy atom. The minimum absolute atomic E-state index is 0.0823. The van der Waals surface area contributed by atoms with Gasteiger partial charge in [-0.25, -0.2) is 4.98 Å². The van der Waals surface area contributed by atoms with Crippen LogP contribution in [0.1, 0.15) is 17.9 Å². The van der Waals surface area contributed by atoms with Crippen LogP contribution in [0.2, 0.25) is 0 Å². The molecule has 3 rings (SSSR count). The first-order valence-corrected chi connectivity index (χ1v) is 6.39. The summed E-state index contributed by atoms with van der Waals surface area (Å²) >= 11 is 0. The minimum atomic E-state index is -0.915. The number of aromatic nitrogens is 1. The Balaban J connectivity index is 1.79. The Morgan fingerprint density at radius 1 is 1.55 bits per heavy atom. The molecule has 1 fully saturated rings. The van der Waals surface area contributed by atoms with Crippen LogP contribution in [0.15, 0.2) is 22.6 Å². The highest BCUT2D eigenvalue weighted by Gasteiger charge is 2.34. The number of hydrogen-bond acceptors (Lipinski definition) is 4. The lowest BCUT2D eigenvalue weighted by molar-refractivity contribution is -0.141. The van der Waals surface area contributed by atoms with Crippen molar-refractivity contribution in [3.8, 4) is 0 Å². The standard InChI is InChI=1S/C14H14N2O4/c1-8-15-11-3-2-9(4-12(11)20-8)6-16-7-10(14(18)19)5-13(16)17/h2-4,10H,5-7H2,1H3,(H,18,19). The molecule has 0 saturated carbocycles. The van der Waals surface area contributed by atoms with Gasteiger partial charge < -0.3 is 14.4 Å². The van der Waals surface area contributed by atoms with Gasteiger partial charge in [0.25, 0.3) is 0 Å². The van der Waals surface area contributed by atoms with Crippen molar-refractivity contribution >= 4 is 23.0 Å². The molecule has 2 heterocycles. The third-order valence-electron chi connectivity index (χ3n) is 3.50. The first kappa shape index (κ1) is 12.7. The lowest BCUT2D eigenvalue weighted by Gasteiger charge is -2.15. The Bertz CT molecular complexity index is 692. The van der Waals surface area contributed by atoms with Crippen LogP contribution in [0.5, 0.6) is 0 Å². The van der Waals surface area contributed by atoms with Gasteiger partial charge in [-0.05, 0) is 17.7 Å². The molecule has 1 aromatic carbocycles. The maximum atomic E-state index is 11.8. The van der Waals surface area contributed by atoms with Crippen LogP contribution in [-0.2, 0) is 16.1 Å². The monoisotopic (exact) mass is 274 g/mol. The maximum Gasteiger partial charge on any atom is 0.308 e. The van der Waals surface area contributed by atoms with Gasteiger partial charge in [0.2, 0.25) is 5.91 Å². The average molecular weight is 274 g/mol. The van der Waals surface area contributed by atoms with E-state index in [0.717, 1.165) is 11.1 Å². The second kappa shape index (κ2) is 4.63. The molecule has 1 aliphatic rings. The SMILES string of the molecule is Cc1nc2ccc(CN3CC(C(=O)O)CC3=O)cc2o1. The van der Waals surface area contributed by atoms with Gasteiger partial charge in [0.1, 0.15) is 5.52 Å². The molecule has 1 unspecified atom stereocenters. The average Bonchev–Trinajstić information content (AvgIpc) is 2.92. The molecular formula is C14H14N2O4. The number of amides is 1. The first-order chi connectivity index (χ1) is 9.52. The predicted octanol–water partition coefficient (Wildman–Crippen LogP) is 1.57. The minimum Gasteiger partial charge on any atom is -0.481 e. The van der Waals surface area contributed by atoms with Crippen molar-refractivity contribution in [3.05, 3.63) is 29.7 Å². The third-order valence-corrected chi connectivity index (χ3v) is 3.50. The molecule has 1 atom stereocenters. The van der Waals surface area contributed by atoms with Crippen molar-refractivity contribution in [2.45, 2.75) is 19.9 Å². The quantitative estimate of drug-likeness (QED) is 0.918. The number of fused-ring (bicyclic) bond motifs is 1. The lowest BCUT2D eigenvalue weighted by Crippen LogP contribution is -2.25. The summed E-state index contributed by atoms with van der Waals surface area (Å²) in [6.45, 7) is 2.45. The summed E-state index contributed by atoms with van der Waals surface area (Å²) in [6, 6.07) is 5.57. The van der Waals surface area contributed by atoms with E-state index in [2.05, 4.69) is 4.98 Å². The molecule has 1 saturated heterocycles. The lowest BCUT2D eigenvalue weighted by atomic mass is 10.1. The molecule has 0 spiro atoms. The topological polar surface area (TPSA) is 83.6 Å². The smallest absolute Gasteiger partial charge is 0.308 e. The van der Waals surface area contributed by atoms with Crippen LogP contribution in [0.25, 0.3) is 11.1 Å². The molecule has 20 heavy (non-hydrogen) atoms. The molecule has 0 bridgehead atoms. The summed E-state index contributed by atoms with van der Waals surface area (Å²) in [5.74, 6) is -1.03. The highest BCUT2D eigenvalue weighted by molar-refractivity contribution is 5.86. The summed E-state index contributed by atoms with van der Waals surface area (Å²) < 4.78 is 5.45. The molecule has 1 N–H and O–H groups in total. The highest BCUT2D eigenvalue weighted by Crippen LogP contribution is 2.22. The number of carbonyl (C=O) groups is 2. The molecule has 104 valence electrons. The van der Waals surface area contributed by atoms with E-state index in [9.17, 15) is 9.59 Å². The molecule has 0 aliphatic carbocycles. The second-order valence-corrected chi connectivity index (χ2v) is 5.05. The van der Waals surface area contributed by atoms with E-state index in [1.54, 1.807) is 11.8 Å². The van der Waals surface area contributed by atoms with Crippen molar-refractivity contribution < 1.29 is 19.1 Å². The Hall–Kier alpha value is -2.37.